The SMILES string of the molecule is Cc1nccc2cc(-c3cnn(-c4cc(-c5cnc6cccc(C)n56)cc(NC(=O)C(C)OC(N)=O)n4)n3)ccc12. The monoisotopic (exact) mass is 547 g/mol. The van der Waals surface area contributed by atoms with Crippen LogP contribution < -0.4 is 11.1 Å². The van der Waals surface area contributed by atoms with Crippen molar-refractivity contribution in [2.45, 2.75) is 26.9 Å². The molecule has 41 heavy (non-hydrogen) atoms. The Morgan fingerprint density at radius 2 is 1.85 bits per heavy atom. The van der Waals surface area contributed by atoms with Crippen LogP contribution in [0.25, 0.3) is 44.8 Å². The van der Waals surface area contributed by atoms with E-state index in [4.69, 9.17) is 10.5 Å². The lowest BCUT2D eigenvalue weighted by Gasteiger charge is -2.13. The van der Waals surface area contributed by atoms with Crippen molar-refractivity contribution < 1.29 is 14.3 Å². The Bertz CT molecular complexity index is 1960. The number of hydrogen-bond donors (Lipinski definition) is 2. The van der Waals surface area contributed by atoms with Crippen LogP contribution >= 0.6 is 0 Å². The number of pyridine rings is 3. The number of fused-ring (bicyclic) bond motifs is 2. The highest BCUT2D eigenvalue weighted by atomic mass is 16.6. The van der Waals surface area contributed by atoms with Gasteiger partial charge >= 0.3 is 6.09 Å². The molecule has 0 saturated heterocycles. The number of carbonyl (C=O) groups is 2. The summed E-state index contributed by atoms with van der Waals surface area (Å²) in [6.45, 7) is 5.37. The summed E-state index contributed by atoms with van der Waals surface area (Å²) in [6, 6.07) is 17.3. The molecule has 0 radical (unpaired) electrons. The van der Waals surface area contributed by atoms with Gasteiger partial charge in [0, 0.05) is 34.1 Å². The second-order valence-corrected chi connectivity index (χ2v) is 9.52. The normalized spacial score (nSPS) is 12.0. The van der Waals surface area contributed by atoms with E-state index in [1.54, 1.807) is 24.7 Å². The maximum Gasteiger partial charge on any atom is 0.405 e. The number of carbonyl (C=O) groups excluding carboxylic acids is 2. The highest BCUT2D eigenvalue weighted by Crippen LogP contribution is 2.28. The number of aromatic nitrogens is 7. The van der Waals surface area contributed by atoms with Crippen LogP contribution in [-0.4, -0.2) is 52.5 Å². The van der Waals surface area contributed by atoms with Gasteiger partial charge in [-0.05, 0) is 62.6 Å². The summed E-state index contributed by atoms with van der Waals surface area (Å²) in [7, 11) is 0. The number of imidazole rings is 1. The van der Waals surface area contributed by atoms with E-state index in [1.807, 2.05) is 66.8 Å². The van der Waals surface area contributed by atoms with Gasteiger partial charge in [0.15, 0.2) is 11.9 Å². The van der Waals surface area contributed by atoms with Crippen LogP contribution in [-0.2, 0) is 9.53 Å². The molecule has 6 rings (SSSR count). The third kappa shape index (κ3) is 4.93. The average molecular weight is 548 g/mol. The van der Waals surface area contributed by atoms with E-state index >= 15 is 0 Å². The van der Waals surface area contributed by atoms with Crippen molar-refractivity contribution in [1.82, 2.24) is 34.3 Å². The maximum atomic E-state index is 12.7. The second-order valence-electron chi connectivity index (χ2n) is 9.52. The van der Waals surface area contributed by atoms with Crippen molar-refractivity contribution >= 4 is 34.2 Å². The highest BCUT2D eigenvalue weighted by molar-refractivity contribution is 5.94. The summed E-state index contributed by atoms with van der Waals surface area (Å²) >= 11 is 0. The number of ether oxygens (including phenoxy) is 1. The Balaban J connectivity index is 1.42. The number of amides is 2. The van der Waals surface area contributed by atoms with Crippen LogP contribution in [0.5, 0.6) is 0 Å². The predicted octanol–water partition coefficient (Wildman–Crippen LogP) is 4.23. The first-order valence-corrected chi connectivity index (χ1v) is 12.8. The lowest BCUT2D eigenvalue weighted by atomic mass is 10.1. The standard InChI is InChI=1S/C29H25N9O3/c1-16-5-4-6-26-32-15-24(37(16)26)21-12-25(35-28(39)18(3)41-29(30)40)34-27(13-21)38-33-14-23(36-38)20-7-8-22-17(2)31-10-9-19(22)11-20/h4-15,18H,1-3H3,(H2,30,40)(H,34,35,39). The summed E-state index contributed by atoms with van der Waals surface area (Å²) in [5.41, 5.74) is 10.8. The third-order valence-electron chi connectivity index (χ3n) is 6.70. The summed E-state index contributed by atoms with van der Waals surface area (Å²) in [6.07, 6.45) is 3.01. The number of primary amides is 1. The molecule has 1 aromatic carbocycles. The summed E-state index contributed by atoms with van der Waals surface area (Å²) < 4.78 is 6.81. The van der Waals surface area contributed by atoms with E-state index in [2.05, 4.69) is 30.5 Å². The summed E-state index contributed by atoms with van der Waals surface area (Å²) in [4.78, 5) is 38.7. The lowest BCUT2D eigenvalue weighted by Crippen LogP contribution is -2.32. The molecular formula is C29H25N9O3. The molecule has 1 unspecified atom stereocenters. The fourth-order valence-electron chi connectivity index (χ4n) is 4.69. The number of rotatable bonds is 6. The zero-order valence-corrected chi connectivity index (χ0v) is 22.4. The van der Waals surface area contributed by atoms with Crippen LogP contribution in [0.15, 0.2) is 73.2 Å². The van der Waals surface area contributed by atoms with Crippen LogP contribution in [0.3, 0.4) is 0 Å². The number of anilines is 1. The number of nitrogens with zero attached hydrogens (tertiary/aromatic N) is 7. The van der Waals surface area contributed by atoms with Gasteiger partial charge in [0.1, 0.15) is 17.2 Å². The van der Waals surface area contributed by atoms with Crippen molar-refractivity contribution in [2.75, 3.05) is 5.32 Å². The Morgan fingerprint density at radius 1 is 1.00 bits per heavy atom. The van der Waals surface area contributed by atoms with E-state index in [9.17, 15) is 9.59 Å². The van der Waals surface area contributed by atoms with E-state index in [1.165, 1.54) is 11.7 Å². The Kier molecular flexibility index (Phi) is 6.34. The van der Waals surface area contributed by atoms with Crippen molar-refractivity contribution in [1.29, 1.82) is 0 Å². The third-order valence-corrected chi connectivity index (χ3v) is 6.70. The first-order chi connectivity index (χ1) is 19.8. The summed E-state index contributed by atoms with van der Waals surface area (Å²) in [5, 5.41) is 14.0. The molecule has 0 aliphatic rings. The quantitative estimate of drug-likeness (QED) is 0.314. The zero-order chi connectivity index (χ0) is 28.7. The lowest BCUT2D eigenvalue weighted by molar-refractivity contribution is -0.123. The molecule has 5 heterocycles. The smallest absolute Gasteiger partial charge is 0.405 e. The molecule has 1 atom stereocenters. The number of aryl methyl sites for hydroxylation is 2. The zero-order valence-electron chi connectivity index (χ0n) is 22.4. The van der Waals surface area contributed by atoms with Gasteiger partial charge in [-0.3, -0.25) is 14.2 Å². The van der Waals surface area contributed by atoms with E-state index in [-0.39, 0.29) is 5.82 Å². The van der Waals surface area contributed by atoms with Crippen LogP contribution in [0.1, 0.15) is 18.3 Å². The molecule has 12 nitrogen and oxygen atoms in total. The molecule has 0 spiro atoms. The fraction of sp³-hybridized carbons (Fsp3) is 0.138. The van der Waals surface area contributed by atoms with Gasteiger partial charge in [0.2, 0.25) is 0 Å². The van der Waals surface area contributed by atoms with Crippen LogP contribution in [0, 0.1) is 13.8 Å². The van der Waals surface area contributed by atoms with Crippen LogP contribution in [0.4, 0.5) is 10.6 Å². The van der Waals surface area contributed by atoms with Gasteiger partial charge in [-0.25, -0.2) is 14.8 Å². The van der Waals surface area contributed by atoms with Crippen molar-refractivity contribution in [3.05, 3.63) is 84.6 Å². The topological polar surface area (TPSA) is 155 Å². The van der Waals surface area contributed by atoms with Crippen molar-refractivity contribution in [3.63, 3.8) is 0 Å². The minimum absolute atomic E-state index is 0.207. The van der Waals surface area contributed by atoms with E-state index in [0.717, 1.165) is 39.1 Å². The minimum atomic E-state index is -1.12. The van der Waals surface area contributed by atoms with Gasteiger partial charge < -0.3 is 15.8 Å². The molecule has 0 saturated carbocycles. The number of benzene rings is 1. The van der Waals surface area contributed by atoms with Gasteiger partial charge in [0.05, 0.1) is 18.1 Å². The first kappa shape index (κ1) is 25.6. The molecule has 0 aliphatic carbocycles. The molecule has 5 aromatic heterocycles. The highest BCUT2D eigenvalue weighted by Gasteiger charge is 2.19. The first-order valence-electron chi connectivity index (χ1n) is 12.8. The number of hydrogen-bond acceptors (Lipinski definition) is 8. The molecule has 0 aliphatic heterocycles. The van der Waals surface area contributed by atoms with E-state index < -0.39 is 18.1 Å². The maximum absolute atomic E-state index is 12.7. The predicted molar refractivity (Wildman–Crippen MR) is 152 cm³/mol. The minimum Gasteiger partial charge on any atom is -0.437 e. The van der Waals surface area contributed by atoms with Gasteiger partial charge in [0.25, 0.3) is 5.91 Å². The molecular weight excluding hydrogens is 522 g/mol. The molecule has 0 fully saturated rings. The largest absolute Gasteiger partial charge is 0.437 e. The number of nitrogens with one attached hydrogen (secondary N) is 1. The fourth-order valence-corrected chi connectivity index (χ4v) is 4.69. The van der Waals surface area contributed by atoms with Crippen LogP contribution in [0.2, 0.25) is 0 Å². The Morgan fingerprint density at radius 3 is 2.68 bits per heavy atom. The molecule has 204 valence electrons. The Hall–Kier alpha value is -5.65. The van der Waals surface area contributed by atoms with Gasteiger partial charge in [-0.1, -0.05) is 18.2 Å². The van der Waals surface area contributed by atoms with Crippen molar-refractivity contribution in [2.24, 2.45) is 5.73 Å². The average Bonchev–Trinajstić information content (AvgIpc) is 3.61. The summed E-state index contributed by atoms with van der Waals surface area (Å²) in [5.74, 6) is -0.0286. The Labute approximate surface area is 233 Å². The van der Waals surface area contributed by atoms with Gasteiger partial charge in [-0.2, -0.15) is 5.10 Å². The molecule has 0 bridgehead atoms. The molecule has 3 N–H and O–H groups in total. The molecule has 12 heteroatoms. The number of nitrogens with two attached hydrogens (primary N) is 1. The van der Waals surface area contributed by atoms with Crippen molar-refractivity contribution in [3.8, 4) is 28.3 Å². The van der Waals surface area contributed by atoms with Gasteiger partial charge in [-0.15, -0.1) is 9.90 Å². The molecule has 6 aromatic rings. The second kappa shape index (κ2) is 10.2. The molecule has 2 amide bonds. The van der Waals surface area contributed by atoms with E-state index in [0.29, 0.717) is 17.1 Å².